The van der Waals surface area contributed by atoms with Crippen LogP contribution < -0.4 is 10.1 Å². The number of aromatic nitrogens is 1. The van der Waals surface area contributed by atoms with E-state index in [0.717, 1.165) is 0 Å². The standard InChI is InChI=1S/C16H19FN2O/c1-11-7-5-8-12(15(11)17)20-14-10-6-9-13(18-14)19-16(2,3)4/h5-10H,1-4H3,(H,18,19). The number of nitrogens with zero attached hydrogens (tertiary/aromatic N) is 1. The van der Waals surface area contributed by atoms with Gasteiger partial charge in [-0.25, -0.2) is 4.39 Å². The van der Waals surface area contributed by atoms with Crippen LogP contribution in [0.25, 0.3) is 0 Å². The first-order chi connectivity index (χ1) is 9.35. The van der Waals surface area contributed by atoms with Gasteiger partial charge in [0.2, 0.25) is 5.88 Å². The highest BCUT2D eigenvalue weighted by Gasteiger charge is 2.12. The minimum Gasteiger partial charge on any atom is -0.436 e. The van der Waals surface area contributed by atoms with Crippen LogP contribution in [0.4, 0.5) is 10.2 Å². The van der Waals surface area contributed by atoms with Crippen molar-refractivity contribution in [2.24, 2.45) is 0 Å². The molecule has 0 saturated heterocycles. The minimum atomic E-state index is -0.358. The summed E-state index contributed by atoms with van der Waals surface area (Å²) in [6.07, 6.45) is 0. The fourth-order valence-electron chi connectivity index (χ4n) is 1.74. The number of benzene rings is 1. The lowest BCUT2D eigenvalue weighted by molar-refractivity contribution is 0.425. The molecule has 1 heterocycles. The smallest absolute Gasteiger partial charge is 0.221 e. The molecule has 0 bridgehead atoms. The topological polar surface area (TPSA) is 34.1 Å². The van der Waals surface area contributed by atoms with E-state index in [-0.39, 0.29) is 17.1 Å². The Kier molecular flexibility index (Phi) is 3.93. The van der Waals surface area contributed by atoms with Crippen LogP contribution in [0.15, 0.2) is 36.4 Å². The quantitative estimate of drug-likeness (QED) is 0.892. The Morgan fingerprint density at radius 3 is 2.50 bits per heavy atom. The van der Waals surface area contributed by atoms with E-state index in [2.05, 4.69) is 10.3 Å². The van der Waals surface area contributed by atoms with Gasteiger partial charge in [0, 0.05) is 11.6 Å². The van der Waals surface area contributed by atoms with Gasteiger partial charge in [-0.2, -0.15) is 4.98 Å². The lowest BCUT2D eigenvalue weighted by atomic mass is 10.1. The summed E-state index contributed by atoms with van der Waals surface area (Å²) in [5.74, 6) is 0.890. The molecule has 3 nitrogen and oxygen atoms in total. The molecule has 2 rings (SSSR count). The van der Waals surface area contributed by atoms with Crippen LogP contribution in [0.3, 0.4) is 0 Å². The second kappa shape index (κ2) is 5.49. The van der Waals surface area contributed by atoms with E-state index >= 15 is 0 Å². The van der Waals surface area contributed by atoms with Crippen molar-refractivity contribution >= 4 is 5.82 Å². The number of aryl methyl sites for hydroxylation is 1. The number of rotatable bonds is 3. The maximum Gasteiger partial charge on any atom is 0.221 e. The molecule has 1 aromatic carbocycles. The summed E-state index contributed by atoms with van der Waals surface area (Å²) in [6.45, 7) is 7.83. The zero-order valence-corrected chi connectivity index (χ0v) is 12.2. The highest BCUT2D eigenvalue weighted by atomic mass is 19.1. The molecule has 0 saturated carbocycles. The molecule has 0 aliphatic carbocycles. The SMILES string of the molecule is Cc1cccc(Oc2cccc(NC(C)(C)C)n2)c1F. The van der Waals surface area contributed by atoms with Gasteiger partial charge in [-0.05, 0) is 45.4 Å². The molecule has 0 spiro atoms. The molecule has 0 aliphatic heterocycles. The van der Waals surface area contributed by atoms with Crippen LogP contribution in [0, 0.1) is 12.7 Å². The molecular formula is C16H19FN2O. The van der Waals surface area contributed by atoms with E-state index in [9.17, 15) is 4.39 Å². The van der Waals surface area contributed by atoms with E-state index in [1.807, 2.05) is 32.9 Å². The molecule has 1 N–H and O–H groups in total. The maximum atomic E-state index is 13.9. The van der Waals surface area contributed by atoms with Gasteiger partial charge in [-0.15, -0.1) is 0 Å². The third-order valence-electron chi connectivity index (χ3n) is 2.60. The monoisotopic (exact) mass is 274 g/mol. The molecule has 0 atom stereocenters. The molecule has 0 aliphatic rings. The minimum absolute atomic E-state index is 0.0970. The summed E-state index contributed by atoms with van der Waals surface area (Å²) in [5.41, 5.74) is 0.451. The first kappa shape index (κ1) is 14.3. The Hall–Kier alpha value is -2.10. The van der Waals surface area contributed by atoms with Crippen LogP contribution in [0.2, 0.25) is 0 Å². The summed E-state index contributed by atoms with van der Waals surface area (Å²) in [4.78, 5) is 4.32. The second-order valence-corrected chi connectivity index (χ2v) is 5.73. The average molecular weight is 274 g/mol. The average Bonchev–Trinajstić information content (AvgIpc) is 2.33. The largest absolute Gasteiger partial charge is 0.436 e. The summed E-state index contributed by atoms with van der Waals surface area (Å²) in [7, 11) is 0. The second-order valence-electron chi connectivity index (χ2n) is 5.73. The van der Waals surface area contributed by atoms with Gasteiger partial charge in [-0.1, -0.05) is 18.2 Å². The van der Waals surface area contributed by atoms with Crippen LogP contribution in [0.5, 0.6) is 11.6 Å². The van der Waals surface area contributed by atoms with Gasteiger partial charge in [0.15, 0.2) is 11.6 Å². The molecule has 4 heteroatoms. The van der Waals surface area contributed by atoms with Crippen LogP contribution in [0.1, 0.15) is 26.3 Å². The van der Waals surface area contributed by atoms with Crippen molar-refractivity contribution in [3.05, 3.63) is 47.8 Å². The predicted molar refractivity (Wildman–Crippen MR) is 78.8 cm³/mol. The number of nitrogens with one attached hydrogen (secondary N) is 1. The molecule has 0 amide bonds. The van der Waals surface area contributed by atoms with Crippen molar-refractivity contribution in [3.63, 3.8) is 0 Å². The number of halogens is 1. The lowest BCUT2D eigenvalue weighted by Gasteiger charge is -2.21. The molecular weight excluding hydrogens is 255 g/mol. The van der Waals surface area contributed by atoms with Crippen LogP contribution in [-0.2, 0) is 0 Å². The molecule has 0 unspecified atom stereocenters. The van der Waals surface area contributed by atoms with Crippen molar-refractivity contribution in [2.75, 3.05) is 5.32 Å². The molecule has 2 aromatic rings. The third-order valence-corrected chi connectivity index (χ3v) is 2.60. The first-order valence-corrected chi connectivity index (χ1v) is 6.53. The normalized spacial score (nSPS) is 11.2. The zero-order chi connectivity index (χ0) is 14.8. The number of hydrogen-bond donors (Lipinski definition) is 1. The summed E-state index contributed by atoms with van der Waals surface area (Å²) >= 11 is 0. The van der Waals surface area contributed by atoms with Gasteiger partial charge in [0.1, 0.15) is 5.82 Å². The summed E-state index contributed by atoms with van der Waals surface area (Å²) in [5, 5.41) is 3.25. The number of ether oxygens (including phenoxy) is 1. The van der Waals surface area contributed by atoms with E-state index in [0.29, 0.717) is 17.3 Å². The Morgan fingerprint density at radius 2 is 1.80 bits per heavy atom. The summed E-state index contributed by atoms with van der Waals surface area (Å²) in [6, 6.07) is 10.4. The number of pyridine rings is 1. The number of anilines is 1. The van der Waals surface area contributed by atoms with Crippen molar-refractivity contribution in [2.45, 2.75) is 33.2 Å². The van der Waals surface area contributed by atoms with Gasteiger partial charge in [-0.3, -0.25) is 0 Å². The van der Waals surface area contributed by atoms with E-state index in [4.69, 9.17) is 4.74 Å². The molecule has 0 radical (unpaired) electrons. The van der Waals surface area contributed by atoms with Crippen molar-refractivity contribution in [1.82, 2.24) is 4.98 Å². The highest BCUT2D eigenvalue weighted by molar-refractivity contribution is 5.41. The van der Waals surface area contributed by atoms with Crippen molar-refractivity contribution < 1.29 is 9.13 Å². The van der Waals surface area contributed by atoms with Crippen molar-refractivity contribution in [1.29, 1.82) is 0 Å². The molecule has 106 valence electrons. The van der Waals surface area contributed by atoms with E-state index < -0.39 is 0 Å². The first-order valence-electron chi connectivity index (χ1n) is 6.53. The van der Waals surface area contributed by atoms with Gasteiger partial charge in [0.05, 0.1) is 0 Å². The third kappa shape index (κ3) is 3.70. The Morgan fingerprint density at radius 1 is 1.10 bits per heavy atom. The fourth-order valence-corrected chi connectivity index (χ4v) is 1.74. The van der Waals surface area contributed by atoms with Crippen LogP contribution in [-0.4, -0.2) is 10.5 Å². The molecule has 20 heavy (non-hydrogen) atoms. The predicted octanol–water partition coefficient (Wildman–Crippen LogP) is 4.53. The van der Waals surface area contributed by atoms with Gasteiger partial charge < -0.3 is 10.1 Å². The van der Waals surface area contributed by atoms with E-state index in [1.54, 1.807) is 31.2 Å². The fraction of sp³-hybridized carbons (Fsp3) is 0.312. The van der Waals surface area contributed by atoms with Gasteiger partial charge in [0.25, 0.3) is 0 Å². The Balaban J connectivity index is 2.22. The molecule has 0 fully saturated rings. The van der Waals surface area contributed by atoms with Gasteiger partial charge >= 0.3 is 0 Å². The maximum absolute atomic E-state index is 13.9. The van der Waals surface area contributed by atoms with E-state index in [1.165, 1.54) is 0 Å². The number of hydrogen-bond acceptors (Lipinski definition) is 3. The highest BCUT2D eigenvalue weighted by Crippen LogP contribution is 2.26. The Labute approximate surface area is 118 Å². The lowest BCUT2D eigenvalue weighted by Crippen LogP contribution is -2.26. The van der Waals surface area contributed by atoms with Crippen molar-refractivity contribution in [3.8, 4) is 11.6 Å². The zero-order valence-electron chi connectivity index (χ0n) is 12.2. The Bertz CT molecular complexity index is 606. The van der Waals surface area contributed by atoms with Crippen LogP contribution >= 0.6 is 0 Å². The summed E-state index contributed by atoms with van der Waals surface area (Å²) < 4.78 is 19.4. The molecule has 1 aromatic heterocycles.